The molecule has 0 unspecified atom stereocenters. The van der Waals surface area contributed by atoms with Crippen LogP contribution in [0.1, 0.15) is 43.0 Å². The summed E-state index contributed by atoms with van der Waals surface area (Å²) in [4.78, 5) is 29.4. The van der Waals surface area contributed by atoms with Crippen molar-refractivity contribution in [2.75, 3.05) is 13.1 Å². The topological polar surface area (TPSA) is 109 Å². The fourth-order valence-electron chi connectivity index (χ4n) is 4.89. The molecule has 2 aliphatic rings. The molecule has 2 heterocycles. The molecular formula is C26H24N4O4. The SMILES string of the molecule is CC(C)Oc1ccc(-c2nc(-c3cccc4c3CC[C@H]4N3CC(C=O)(C=O)C3)no2)cc1C#N. The number of hydrogen-bond donors (Lipinski definition) is 0. The Hall–Kier alpha value is -3.83. The first kappa shape index (κ1) is 22.0. The van der Waals surface area contributed by atoms with Crippen molar-refractivity contribution in [1.82, 2.24) is 15.0 Å². The second-order valence-electron chi connectivity index (χ2n) is 9.21. The number of ether oxygens (including phenoxy) is 1. The number of likely N-dealkylation sites (tertiary alicyclic amines) is 1. The number of aldehydes is 2. The molecule has 2 aromatic carbocycles. The largest absolute Gasteiger partial charge is 0.490 e. The van der Waals surface area contributed by atoms with Crippen molar-refractivity contribution >= 4 is 12.6 Å². The van der Waals surface area contributed by atoms with Gasteiger partial charge in [-0.15, -0.1) is 0 Å². The quantitative estimate of drug-likeness (QED) is 0.391. The maximum Gasteiger partial charge on any atom is 0.258 e. The van der Waals surface area contributed by atoms with Crippen LogP contribution in [0.2, 0.25) is 0 Å². The van der Waals surface area contributed by atoms with Crippen LogP contribution in [0.25, 0.3) is 22.8 Å². The number of fused-ring (bicyclic) bond motifs is 1. The van der Waals surface area contributed by atoms with Crippen molar-refractivity contribution in [3.05, 3.63) is 53.1 Å². The summed E-state index contributed by atoms with van der Waals surface area (Å²) in [6.07, 6.45) is 3.26. The van der Waals surface area contributed by atoms with Gasteiger partial charge >= 0.3 is 0 Å². The minimum Gasteiger partial charge on any atom is -0.490 e. The Balaban J connectivity index is 1.41. The highest BCUT2D eigenvalue weighted by atomic mass is 16.5. The lowest BCUT2D eigenvalue weighted by molar-refractivity contribution is -0.139. The van der Waals surface area contributed by atoms with Gasteiger partial charge in [-0.3, -0.25) is 4.90 Å². The molecule has 1 fully saturated rings. The standard InChI is InChI=1S/C26H24N4O4/c1-16(2)33-23-9-6-17(10-18(23)11-27)25-28-24(29-34-25)21-5-3-4-20-19(21)7-8-22(20)30-12-26(13-30,14-31)15-32/h3-6,9-10,14-16,22H,7-8,12-13H2,1-2H3/t22-/m1/s1. The summed E-state index contributed by atoms with van der Waals surface area (Å²) in [5.41, 5.74) is 3.44. The number of carbonyl (C=O) groups is 2. The number of nitrogens with zero attached hydrogens (tertiary/aromatic N) is 4. The summed E-state index contributed by atoms with van der Waals surface area (Å²) in [5.74, 6) is 1.35. The first-order valence-corrected chi connectivity index (χ1v) is 11.3. The van der Waals surface area contributed by atoms with Gasteiger partial charge in [-0.1, -0.05) is 23.4 Å². The van der Waals surface area contributed by atoms with Gasteiger partial charge in [0.05, 0.1) is 11.7 Å². The minimum absolute atomic E-state index is 0.0403. The number of aromatic nitrogens is 2. The Morgan fingerprint density at radius 3 is 2.74 bits per heavy atom. The molecule has 0 spiro atoms. The molecule has 1 atom stereocenters. The van der Waals surface area contributed by atoms with Crippen LogP contribution in [0, 0.1) is 16.7 Å². The van der Waals surface area contributed by atoms with Crippen LogP contribution < -0.4 is 4.74 Å². The molecule has 0 saturated carbocycles. The highest BCUT2D eigenvalue weighted by Gasteiger charge is 2.47. The molecule has 3 aromatic rings. The zero-order valence-electron chi connectivity index (χ0n) is 19.0. The second-order valence-corrected chi connectivity index (χ2v) is 9.21. The summed E-state index contributed by atoms with van der Waals surface area (Å²) < 4.78 is 11.2. The van der Waals surface area contributed by atoms with Crippen molar-refractivity contribution in [2.45, 2.75) is 38.8 Å². The van der Waals surface area contributed by atoms with Gasteiger partial charge in [0, 0.05) is 30.3 Å². The van der Waals surface area contributed by atoms with Crippen LogP contribution in [0.3, 0.4) is 0 Å². The van der Waals surface area contributed by atoms with Crippen LogP contribution in [-0.2, 0) is 16.0 Å². The van der Waals surface area contributed by atoms with Gasteiger partial charge in [-0.05, 0) is 56.0 Å². The molecule has 1 aliphatic carbocycles. The van der Waals surface area contributed by atoms with Crippen molar-refractivity contribution in [3.8, 4) is 34.7 Å². The zero-order valence-corrected chi connectivity index (χ0v) is 19.0. The Kier molecular flexibility index (Phi) is 5.50. The maximum absolute atomic E-state index is 11.3. The average molecular weight is 457 g/mol. The van der Waals surface area contributed by atoms with E-state index < -0.39 is 5.41 Å². The molecule has 1 saturated heterocycles. The van der Waals surface area contributed by atoms with Crippen molar-refractivity contribution in [2.24, 2.45) is 5.41 Å². The monoisotopic (exact) mass is 456 g/mol. The summed E-state index contributed by atoms with van der Waals surface area (Å²) in [6, 6.07) is 13.6. The Labute approximate surface area is 197 Å². The Bertz CT molecular complexity index is 1290. The summed E-state index contributed by atoms with van der Waals surface area (Å²) in [7, 11) is 0. The van der Waals surface area contributed by atoms with E-state index in [1.807, 2.05) is 26.0 Å². The van der Waals surface area contributed by atoms with Crippen molar-refractivity contribution in [1.29, 1.82) is 5.26 Å². The van der Waals surface area contributed by atoms with Gasteiger partial charge in [0.1, 0.15) is 29.8 Å². The molecule has 0 N–H and O–H groups in total. The molecule has 8 heteroatoms. The molecule has 0 radical (unpaired) electrons. The van der Waals surface area contributed by atoms with Crippen LogP contribution in [0.15, 0.2) is 40.9 Å². The van der Waals surface area contributed by atoms with E-state index in [1.54, 1.807) is 18.2 Å². The number of carbonyl (C=O) groups excluding carboxylic acids is 2. The van der Waals surface area contributed by atoms with E-state index in [0.717, 1.165) is 36.5 Å². The number of benzene rings is 2. The van der Waals surface area contributed by atoms with Crippen molar-refractivity contribution < 1.29 is 18.8 Å². The predicted molar refractivity (Wildman–Crippen MR) is 123 cm³/mol. The normalized spacial score (nSPS) is 18.7. The minimum atomic E-state index is -0.860. The summed E-state index contributed by atoms with van der Waals surface area (Å²) in [6.45, 7) is 4.73. The van der Waals surface area contributed by atoms with E-state index in [2.05, 4.69) is 27.2 Å². The first-order chi connectivity index (χ1) is 16.5. The average Bonchev–Trinajstić information content (AvgIpc) is 3.47. The molecule has 0 bridgehead atoms. The van der Waals surface area contributed by atoms with Gasteiger partial charge in [0.25, 0.3) is 5.89 Å². The van der Waals surface area contributed by atoms with Gasteiger partial charge in [0.2, 0.25) is 5.82 Å². The lowest BCUT2D eigenvalue weighted by Gasteiger charge is -2.46. The number of hydrogen-bond acceptors (Lipinski definition) is 8. The third kappa shape index (κ3) is 3.68. The number of nitriles is 1. The third-order valence-corrected chi connectivity index (χ3v) is 6.52. The molecule has 8 nitrogen and oxygen atoms in total. The fraction of sp³-hybridized carbons (Fsp3) is 0.346. The lowest BCUT2D eigenvalue weighted by atomic mass is 9.81. The van der Waals surface area contributed by atoms with E-state index in [-0.39, 0.29) is 12.1 Å². The van der Waals surface area contributed by atoms with E-state index in [1.165, 1.54) is 5.56 Å². The molecule has 1 aromatic heterocycles. The van der Waals surface area contributed by atoms with Crippen LogP contribution in [-0.4, -0.2) is 46.8 Å². The Morgan fingerprint density at radius 2 is 2.03 bits per heavy atom. The zero-order chi connectivity index (χ0) is 23.9. The van der Waals surface area contributed by atoms with E-state index >= 15 is 0 Å². The van der Waals surface area contributed by atoms with Gasteiger partial charge in [-0.25, -0.2) is 0 Å². The molecule has 5 rings (SSSR count). The fourth-order valence-corrected chi connectivity index (χ4v) is 4.89. The van der Waals surface area contributed by atoms with Gasteiger partial charge in [-0.2, -0.15) is 10.2 Å². The van der Waals surface area contributed by atoms with Crippen LogP contribution >= 0.6 is 0 Å². The lowest BCUT2D eigenvalue weighted by Crippen LogP contribution is -2.58. The highest BCUT2D eigenvalue weighted by Crippen LogP contribution is 2.44. The van der Waals surface area contributed by atoms with E-state index in [9.17, 15) is 14.9 Å². The van der Waals surface area contributed by atoms with Crippen molar-refractivity contribution in [3.63, 3.8) is 0 Å². The van der Waals surface area contributed by atoms with Gasteiger partial charge in [0.15, 0.2) is 0 Å². The molecular weight excluding hydrogens is 432 g/mol. The summed E-state index contributed by atoms with van der Waals surface area (Å²) in [5, 5.41) is 13.7. The predicted octanol–water partition coefficient (Wildman–Crippen LogP) is 3.75. The van der Waals surface area contributed by atoms with Gasteiger partial charge < -0.3 is 18.8 Å². The first-order valence-electron chi connectivity index (χ1n) is 11.3. The van der Waals surface area contributed by atoms with Crippen LogP contribution in [0.4, 0.5) is 0 Å². The molecule has 0 amide bonds. The molecule has 34 heavy (non-hydrogen) atoms. The number of rotatable bonds is 7. The Morgan fingerprint density at radius 1 is 1.24 bits per heavy atom. The molecule has 1 aliphatic heterocycles. The molecule has 172 valence electrons. The summed E-state index contributed by atoms with van der Waals surface area (Å²) >= 11 is 0. The highest BCUT2D eigenvalue weighted by molar-refractivity contribution is 5.86. The smallest absolute Gasteiger partial charge is 0.258 e. The van der Waals surface area contributed by atoms with E-state index in [4.69, 9.17) is 9.26 Å². The maximum atomic E-state index is 11.3. The second kappa shape index (κ2) is 8.50. The van der Waals surface area contributed by atoms with Crippen LogP contribution in [0.5, 0.6) is 5.75 Å². The third-order valence-electron chi connectivity index (χ3n) is 6.52. The van der Waals surface area contributed by atoms with E-state index in [0.29, 0.717) is 41.7 Å².